The summed E-state index contributed by atoms with van der Waals surface area (Å²) in [6.07, 6.45) is 0. The van der Waals surface area contributed by atoms with E-state index in [4.69, 9.17) is 11.0 Å². The molecule has 0 aliphatic rings. The number of imidazole rings is 1. The van der Waals surface area contributed by atoms with E-state index in [1.165, 1.54) is 0 Å². The van der Waals surface area contributed by atoms with E-state index in [-0.39, 0.29) is 0 Å². The van der Waals surface area contributed by atoms with Gasteiger partial charge < -0.3 is 5.73 Å². The summed E-state index contributed by atoms with van der Waals surface area (Å²) in [7, 11) is 0. The van der Waals surface area contributed by atoms with Crippen LogP contribution in [-0.4, -0.2) is 9.55 Å². The Labute approximate surface area is 117 Å². The summed E-state index contributed by atoms with van der Waals surface area (Å²) in [5, 5.41) is 9.07. The Morgan fingerprint density at radius 2 is 1.95 bits per heavy atom. The van der Waals surface area contributed by atoms with Crippen LogP contribution in [0.5, 0.6) is 0 Å². The number of para-hydroxylation sites is 1. The van der Waals surface area contributed by atoms with Crippen molar-refractivity contribution in [1.82, 2.24) is 9.55 Å². The molecule has 20 heavy (non-hydrogen) atoms. The highest BCUT2D eigenvalue weighted by Crippen LogP contribution is 2.27. The number of hydrogen-bond acceptors (Lipinski definition) is 3. The molecule has 0 bridgehead atoms. The van der Waals surface area contributed by atoms with Gasteiger partial charge in [-0.3, -0.25) is 4.57 Å². The van der Waals surface area contributed by atoms with E-state index in [1.807, 2.05) is 48.7 Å². The van der Waals surface area contributed by atoms with Crippen molar-refractivity contribution in [3.8, 4) is 11.8 Å². The predicted molar refractivity (Wildman–Crippen MR) is 79.7 cm³/mol. The number of aromatic nitrogens is 2. The van der Waals surface area contributed by atoms with Gasteiger partial charge in [0, 0.05) is 0 Å². The Morgan fingerprint density at radius 3 is 2.70 bits per heavy atom. The van der Waals surface area contributed by atoms with E-state index >= 15 is 0 Å². The summed E-state index contributed by atoms with van der Waals surface area (Å²) in [5.74, 6) is 0.437. The van der Waals surface area contributed by atoms with Crippen molar-refractivity contribution in [3.05, 3.63) is 53.1 Å². The molecule has 0 atom stereocenters. The maximum atomic E-state index is 9.07. The van der Waals surface area contributed by atoms with Gasteiger partial charge in [-0.15, -0.1) is 0 Å². The fourth-order valence-corrected chi connectivity index (χ4v) is 2.43. The molecule has 3 aromatic rings. The zero-order chi connectivity index (χ0) is 14.3. The van der Waals surface area contributed by atoms with Crippen LogP contribution in [0.1, 0.15) is 16.7 Å². The molecule has 0 aliphatic heterocycles. The van der Waals surface area contributed by atoms with Gasteiger partial charge in [-0.2, -0.15) is 5.26 Å². The first-order chi connectivity index (χ1) is 9.61. The molecular formula is C16H14N4. The molecule has 1 aromatic heterocycles. The van der Waals surface area contributed by atoms with Gasteiger partial charge in [-0.05, 0) is 43.2 Å². The lowest BCUT2D eigenvalue weighted by molar-refractivity contribution is 1.09. The van der Waals surface area contributed by atoms with Gasteiger partial charge in [0.05, 0.1) is 28.4 Å². The third-order valence-corrected chi connectivity index (χ3v) is 3.49. The average molecular weight is 262 g/mol. The van der Waals surface area contributed by atoms with Crippen LogP contribution in [-0.2, 0) is 0 Å². The molecule has 98 valence electrons. The van der Waals surface area contributed by atoms with Gasteiger partial charge in [0.2, 0.25) is 5.95 Å². The minimum Gasteiger partial charge on any atom is -0.369 e. The predicted octanol–water partition coefficient (Wildman–Crippen LogP) is 3.10. The Balaban J connectivity index is 2.38. The van der Waals surface area contributed by atoms with Crippen molar-refractivity contribution in [2.45, 2.75) is 13.8 Å². The Morgan fingerprint density at radius 1 is 1.15 bits per heavy atom. The molecule has 0 aliphatic carbocycles. The van der Waals surface area contributed by atoms with Crippen molar-refractivity contribution in [3.63, 3.8) is 0 Å². The highest BCUT2D eigenvalue weighted by Gasteiger charge is 2.13. The molecule has 3 rings (SSSR count). The summed E-state index contributed by atoms with van der Waals surface area (Å²) >= 11 is 0. The molecule has 0 fully saturated rings. The van der Waals surface area contributed by atoms with Crippen LogP contribution in [0.15, 0.2) is 36.4 Å². The molecule has 2 aromatic carbocycles. The van der Waals surface area contributed by atoms with Crippen LogP contribution < -0.4 is 5.73 Å². The Hall–Kier alpha value is -2.80. The highest BCUT2D eigenvalue weighted by atomic mass is 15.2. The second-order valence-electron chi connectivity index (χ2n) is 4.86. The van der Waals surface area contributed by atoms with E-state index in [1.54, 1.807) is 6.07 Å². The van der Waals surface area contributed by atoms with Crippen LogP contribution in [0, 0.1) is 25.2 Å². The zero-order valence-electron chi connectivity index (χ0n) is 11.4. The van der Waals surface area contributed by atoms with Gasteiger partial charge in [0.25, 0.3) is 0 Å². The van der Waals surface area contributed by atoms with Crippen LogP contribution >= 0.6 is 0 Å². The number of aryl methyl sites for hydroxylation is 2. The SMILES string of the molecule is Cc1ccc(C#N)cc1-n1c(N)nc2c(C)cccc21. The largest absolute Gasteiger partial charge is 0.369 e. The van der Waals surface area contributed by atoms with Crippen molar-refractivity contribution >= 4 is 17.0 Å². The van der Waals surface area contributed by atoms with E-state index in [0.717, 1.165) is 27.8 Å². The van der Waals surface area contributed by atoms with Crippen molar-refractivity contribution in [2.24, 2.45) is 0 Å². The molecule has 0 spiro atoms. The van der Waals surface area contributed by atoms with Crippen LogP contribution in [0.3, 0.4) is 0 Å². The Bertz CT molecular complexity index is 853. The number of rotatable bonds is 1. The first-order valence-electron chi connectivity index (χ1n) is 6.36. The minimum atomic E-state index is 0.437. The van der Waals surface area contributed by atoms with Crippen molar-refractivity contribution in [2.75, 3.05) is 5.73 Å². The zero-order valence-corrected chi connectivity index (χ0v) is 11.4. The molecule has 2 N–H and O–H groups in total. The fraction of sp³-hybridized carbons (Fsp3) is 0.125. The average Bonchev–Trinajstić information content (AvgIpc) is 2.77. The monoisotopic (exact) mass is 262 g/mol. The molecule has 0 saturated carbocycles. The van der Waals surface area contributed by atoms with E-state index < -0.39 is 0 Å². The van der Waals surface area contributed by atoms with Gasteiger partial charge in [0.1, 0.15) is 0 Å². The minimum absolute atomic E-state index is 0.437. The van der Waals surface area contributed by atoms with Crippen molar-refractivity contribution < 1.29 is 0 Å². The summed E-state index contributed by atoms with van der Waals surface area (Å²) in [6.45, 7) is 4.01. The number of hydrogen-bond donors (Lipinski definition) is 1. The third-order valence-electron chi connectivity index (χ3n) is 3.49. The van der Waals surface area contributed by atoms with Gasteiger partial charge in [-0.25, -0.2) is 4.98 Å². The maximum Gasteiger partial charge on any atom is 0.205 e. The van der Waals surface area contributed by atoms with E-state index in [2.05, 4.69) is 11.1 Å². The number of nitrogens with two attached hydrogens (primary N) is 1. The number of benzene rings is 2. The lowest BCUT2D eigenvalue weighted by Gasteiger charge is -2.10. The highest BCUT2D eigenvalue weighted by molar-refractivity contribution is 5.84. The van der Waals surface area contributed by atoms with Crippen LogP contribution in [0.2, 0.25) is 0 Å². The van der Waals surface area contributed by atoms with Crippen molar-refractivity contribution in [1.29, 1.82) is 5.26 Å². The normalized spacial score (nSPS) is 10.7. The van der Waals surface area contributed by atoms with E-state index in [9.17, 15) is 0 Å². The first-order valence-corrected chi connectivity index (χ1v) is 6.36. The van der Waals surface area contributed by atoms with Crippen LogP contribution in [0.4, 0.5) is 5.95 Å². The fourth-order valence-electron chi connectivity index (χ4n) is 2.43. The van der Waals surface area contributed by atoms with Gasteiger partial charge >= 0.3 is 0 Å². The molecule has 0 amide bonds. The number of nitriles is 1. The summed E-state index contributed by atoms with van der Waals surface area (Å²) in [6, 6.07) is 13.7. The summed E-state index contributed by atoms with van der Waals surface area (Å²) in [4.78, 5) is 4.44. The topological polar surface area (TPSA) is 67.6 Å². The second-order valence-corrected chi connectivity index (χ2v) is 4.86. The number of nitrogen functional groups attached to an aromatic ring is 1. The molecule has 0 radical (unpaired) electrons. The first kappa shape index (κ1) is 12.2. The molecule has 1 heterocycles. The van der Waals surface area contributed by atoms with E-state index in [0.29, 0.717) is 11.5 Å². The number of fused-ring (bicyclic) bond motifs is 1. The Kier molecular flexibility index (Phi) is 2.69. The quantitative estimate of drug-likeness (QED) is 0.732. The number of nitrogens with zero attached hydrogens (tertiary/aromatic N) is 3. The van der Waals surface area contributed by atoms with Gasteiger partial charge in [-0.1, -0.05) is 18.2 Å². The molecule has 0 saturated heterocycles. The molecule has 4 nitrogen and oxygen atoms in total. The second kappa shape index (κ2) is 4.39. The standard InChI is InChI=1S/C16H14N4/c1-10-6-7-12(9-17)8-14(10)20-13-5-3-4-11(2)15(13)19-16(20)18/h3-8H,1-2H3,(H2,18,19). The smallest absolute Gasteiger partial charge is 0.205 e. The molecule has 4 heteroatoms. The summed E-state index contributed by atoms with van der Waals surface area (Å²) in [5.41, 5.74) is 11.6. The lowest BCUT2D eigenvalue weighted by atomic mass is 10.1. The lowest BCUT2D eigenvalue weighted by Crippen LogP contribution is -2.02. The maximum absolute atomic E-state index is 9.07. The van der Waals surface area contributed by atoms with Gasteiger partial charge in [0.15, 0.2) is 0 Å². The molecular weight excluding hydrogens is 248 g/mol. The number of anilines is 1. The third kappa shape index (κ3) is 1.72. The molecule has 0 unspecified atom stereocenters. The summed E-state index contributed by atoms with van der Waals surface area (Å²) < 4.78 is 1.90. The van der Waals surface area contributed by atoms with Crippen LogP contribution in [0.25, 0.3) is 16.7 Å².